The Bertz CT molecular complexity index is 791. The maximum Gasteiger partial charge on any atom is 0.321 e. The fraction of sp³-hybridized carbons (Fsp3) is 0.278. The number of halogens is 1. The van der Waals surface area contributed by atoms with Crippen molar-refractivity contribution in [2.45, 2.75) is 6.92 Å². The van der Waals surface area contributed by atoms with E-state index < -0.39 is 5.82 Å². The van der Waals surface area contributed by atoms with Gasteiger partial charge in [-0.15, -0.1) is 0 Å². The first-order chi connectivity index (χ1) is 12.5. The van der Waals surface area contributed by atoms with Crippen LogP contribution in [0.1, 0.15) is 6.92 Å². The molecule has 0 aliphatic carbocycles. The Morgan fingerprint density at radius 3 is 2.38 bits per heavy atom. The lowest BCUT2D eigenvalue weighted by Crippen LogP contribution is -2.50. The van der Waals surface area contributed by atoms with Gasteiger partial charge < -0.3 is 20.4 Å². The highest BCUT2D eigenvalue weighted by Crippen LogP contribution is 2.21. The van der Waals surface area contributed by atoms with Gasteiger partial charge >= 0.3 is 6.03 Å². The molecule has 1 saturated heterocycles. The van der Waals surface area contributed by atoms with E-state index in [9.17, 15) is 14.0 Å². The summed E-state index contributed by atoms with van der Waals surface area (Å²) in [5.74, 6) is -0.927. The van der Waals surface area contributed by atoms with Crippen molar-refractivity contribution < 1.29 is 14.0 Å². The summed E-state index contributed by atoms with van der Waals surface area (Å²) in [5.41, 5.74) is 1.55. The molecule has 7 nitrogen and oxygen atoms in total. The van der Waals surface area contributed by atoms with Crippen molar-refractivity contribution in [2.24, 2.45) is 0 Å². The molecule has 3 rings (SSSR count). The molecular weight excluding hydrogens is 337 g/mol. The van der Waals surface area contributed by atoms with Crippen LogP contribution in [0.4, 0.5) is 26.2 Å². The van der Waals surface area contributed by atoms with Crippen LogP contribution in [0.25, 0.3) is 0 Å². The van der Waals surface area contributed by atoms with Crippen LogP contribution in [-0.2, 0) is 4.79 Å². The largest absolute Gasteiger partial charge is 0.368 e. The minimum absolute atomic E-state index is 0.0396. The van der Waals surface area contributed by atoms with E-state index in [1.54, 1.807) is 17.3 Å². The lowest BCUT2D eigenvalue weighted by atomic mass is 10.2. The van der Waals surface area contributed by atoms with Crippen molar-refractivity contribution in [1.82, 2.24) is 9.88 Å². The van der Waals surface area contributed by atoms with Gasteiger partial charge in [-0.1, -0.05) is 0 Å². The van der Waals surface area contributed by atoms with Gasteiger partial charge in [-0.3, -0.25) is 9.78 Å². The lowest BCUT2D eigenvalue weighted by Gasteiger charge is -2.36. The van der Waals surface area contributed by atoms with Gasteiger partial charge in [0.2, 0.25) is 5.91 Å². The van der Waals surface area contributed by atoms with Gasteiger partial charge in [-0.05, 0) is 30.3 Å². The fourth-order valence-electron chi connectivity index (χ4n) is 2.81. The monoisotopic (exact) mass is 357 g/mol. The first-order valence-electron chi connectivity index (χ1n) is 8.31. The average Bonchev–Trinajstić information content (AvgIpc) is 2.65. The molecule has 3 amide bonds. The van der Waals surface area contributed by atoms with Gasteiger partial charge in [0.15, 0.2) is 0 Å². The number of aromatic nitrogens is 1. The SMILES string of the molecule is CC(=O)Nc1cc(NC(=O)N2CCN(c3ccncc3)CC2)ccc1F. The standard InChI is InChI=1S/C18H20FN5O2/c1-13(25)21-17-12-14(2-3-16(17)19)22-18(26)24-10-8-23(9-11-24)15-4-6-20-7-5-15/h2-7,12H,8-11H2,1H3,(H,21,25)(H,22,26). The highest BCUT2D eigenvalue weighted by atomic mass is 19.1. The molecule has 0 saturated carbocycles. The van der Waals surface area contributed by atoms with Gasteiger partial charge in [0.1, 0.15) is 5.82 Å². The Kier molecular flexibility index (Phi) is 5.31. The first kappa shape index (κ1) is 17.7. The summed E-state index contributed by atoms with van der Waals surface area (Å²) in [4.78, 5) is 31.5. The lowest BCUT2D eigenvalue weighted by molar-refractivity contribution is -0.114. The van der Waals surface area contributed by atoms with Crippen LogP contribution in [0.2, 0.25) is 0 Å². The Labute approximate surface area is 150 Å². The van der Waals surface area contributed by atoms with Crippen LogP contribution in [0.5, 0.6) is 0 Å². The summed E-state index contributed by atoms with van der Waals surface area (Å²) in [7, 11) is 0. The number of anilines is 3. The molecule has 0 radical (unpaired) electrons. The fourth-order valence-corrected chi connectivity index (χ4v) is 2.81. The molecule has 2 heterocycles. The molecule has 0 bridgehead atoms. The van der Waals surface area contributed by atoms with Gasteiger partial charge in [-0.2, -0.15) is 0 Å². The molecule has 8 heteroatoms. The van der Waals surface area contributed by atoms with Gasteiger partial charge in [0, 0.05) is 56.9 Å². The normalized spacial score (nSPS) is 14.1. The minimum atomic E-state index is -0.552. The zero-order valence-electron chi connectivity index (χ0n) is 14.4. The van der Waals surface area contributed by atoms with E-state index in [1.165, 1.54) is 25.1 Å². The van der Waals surface area contributed by atoms with Crippen LogP contribution < -0.4 is 15.5 Å². The Morgan fingerprint density at radius 2 is 1.73 bits per heavy atom. The minimum Gasteiger partial charge on any atom is -0.368 e. The second-order valence-electron chi connectivity index (χ2n) is 5.99. The zero-order valence-corrected chi connectivity index (χ0v) is 14.4. The van der Waals surface area contributed by atoms with E-state index in [2.05, 4.69) is 20.5 Å². The molecule has 0 spiro atoms. The van der Waals surface area contributed by atoms with Gasteiger partial charge in [0.05, 0.1) is 5.69 Å². The second kappa shape index (κ2) is 7.81. The number of amides is 3. The Morgan fingerprint density at radius 1 is 1.04 bits per heavy atom. The number of carbonyl (C=O) groups excluding carboxylic acids is 2. The summed E-state index contributed by atoms with van der Waals surface area (Å²) in [6.07, 6.45) is 3.49. The molecule has 1 fully saturated rings. The van der Waals surface area contributed by atoms with Gasteiger partial charge in [-0.25, -0.2) is 9.18 Å². The average molecular weight is 357 g/mol. The van der Waals surface area contributed by atoms with E-state index in [-0.39, 0.29) is 17.6 Å². The Hall–Kier alpha value is -3.16. The summed E-state index contributed by atoms with van der Waals surface area (Å²) in [6, 6.07) is 7.71. The van der Waals surface area contributed by atoms with Crippen LogP contribution in [0, 0.1) is 5.82 Å². The molecule has 1 aliphatic rings. The van der Waals surface area contributed by atoms with Gasteiger partial charge in [0.25, 0.3) is 0 Å². The molecular formula is C18H20FN5O2. The second-order valence-corrected chi connectivity index (χ2v) is 5.99. The first-order valence-corrected chi connectivity index (χ1v) is 8.31. The molecule has 0 atom stereocenters. The summed E-state index contributed by atoms with van der Waals surface area (Å²) in [6.45, 7) is 3.89. The highest BCUT2D eigenvalue weighted by molar-refractivity contribution is 5.92. The van der Waals surface area contributed by atoms with Crippen molar-refractivity contribution in [3.8, 4) is 0 Å². The quantitative estimate of drug-likeness (QED) is 0.885. The van der Waals surface area contributed by atoms with Crippen molar-refractivity contribution >= 4 is 29.0 Å². The highest BCUT2D eigenvalue weighted by Gasteiger charge is 2.21. The van der Waals surface area contributed by atoms with Crippen molar-refractivity contribution in [3.05, 3.63) is 48.5 Å². The summed E-state index contributed by atoms with van der Waals surface area (Å²) < 4.78 is 13.7. The summed E-state index contributed by atoms with van der Waals surface area (Å²) in [5, 5.41) is 5.15. The van der Waals surface area contributed by atoms with Crippen molar-refractivity contribution in [2.75, 3.05) is 41.7 Å². The number of rotatable bonds is 3. The molecule has 26 heavy (non-hydrogen) atoms. The van der Waals surface area contributed by atoms with E-state index >= 15 is 0 Å². The van der Waals surface area contributed by atoms with Crippen molar-refractivity contribution in [1.29, 1.82) is 0 Å². The number of piperazine rings is 1. The summed E-state index contributed by atoms with van der Waals surface area (Å²) >= 11 is 0. The van der Waals surface area contributed by atoms with Crippen LogP contribution >= 0.6 is 0 Å². The van der Waals surface area contributed by atoms with E-state index in [0.717, 1.165) is 18.8 Å². The number of nitrogens with zero attached hydrogens (tertiary/aromatic N) is 3. The Balaban J connectivity index is 1.58. The molecule has 1 aliphatic heterocycles. The predicted octanol–water partition coefficient (Wildman–Crippen LogP) is 2.53. The van der Waals surface area contributed by atoms with E-state index in [1.807, 2.05) is 12.1 Å². The molecule has 1 aromatic heterocycles. The number of nitrogens with one attached hydrogen (secondary N) is 2. The van der Waals surface area contributed by atoms with E-state index in [4.69, 9.17) is 0 Å². The molecule has 136 valence electrons. The number of urea groups is 1. The third-order valence-electron chi connectivity index (χ3n) is 4.12. The van der Waals surface area contributed by atoms with Crippen LogP contribution in [-0.4, -0.2) is 48.0 Å². The molecule has 1 aromatic carbocycles. The number of carbonyl (C=O) groups is 2. The van der Waals surface area contributed by atoms with E-state index in [0.29, 0.717) is 18.8 Å². The maximum atomic E-state index is 13.7. The number of hydrogen-bond donors (Lipinski definition) is 2. The topological polar surface area (TPSA) is 77.6 Å². The molecule has 2 aromatic rings. The maximum absolute atomic E-state index is 13.7. The third kappa shape index (κ3) is 4.27. The number of hydrogen-bond acceptors (Lipinski definition) is 4. The smallest absolute Gasteiger partial charge is 0.321 e. The zero-order chi connectivity index (χ0) is 18.5. The molecule has 0 unspecified atom stereocenters. The predicted molar refractivity (Wildman–Crippen MR) is 97.7 cm³/mol. The third-order valence-corrected chi connectivity index (χ3v) is 4.12. The van der Waals surface area contributed by atoms with Crippen molar-refractivity contribution in [3.63, 3.8) is 0 Å². The molecule has 2 N–H and O–H groups in total. The number of benzene rings is 1. The van der Waals surface area contributed by atoms with Crippen LogP contribution in [0.15, 0.2) is 42.7 Å². The number of pyridine rings is 1. The van der Waals surface area contributed by atoms with Crippen LogP contribution in [0.3, 0.4) is 0 Å².